The molecule has 1 aromatic rings. The summed E-state index contributed by atoms with van der Waals surface area (Å²) >= 11 is 1.86. The Balaban J connectivity index is 2.28. The fourth-order valence-electron chi connectivity index (χ4n) is 2.50. The Morgan fingerprint density at radius 3 is 2.63 bits per heavy atom. The molecule has 1 aliphatic heterocycles. The van der Waals surface area contributed by atoms with Gasteiger partial charge in [-0.05, 0) is 54.0 Å². The highest BCUT2D eigenvalue weighted by atomic mass is 32.2. The van der Waals surface area contributed by atoms with Gasteiger partial charge in [-0.15, -0.1) is 0 Å². The van der Waals surface area contributed by atoms with Gasteiger partial charge in [-0.25, -0.2) is 0 Å². The minimum absolute atomic E-state index is 0.0720. The minimum atomic E-state index is -4.29. The lowest BCUT2D eigenvalue weighted by Gasteiger charge is -2.24. The van der Waals surface area contributed by atoms with Gasteiger partial charge in [0.15, 0.2) is 0 Å². The third-order valence-electron chi connectivity index (χ3n) is 3.55. The van der Waals surface area contributed by atoms with Crippen LogP contribution in [0.1, 0.15) is 29.2 Å². The summed E-state index contributed by atoms with van der Waals surface area (Å²) in [6.45, 7) is 1.71. The van der Waals surface area contributed by atoms with Crippen LogP contribution in [0.4, 0.5) is 13.2 Å². The Morgan fingerprint density at radius 2 is 2.16 bits per heavy atom. The van der Waals surface area contributed by atoms with Crippen LogP contribution in [0.2, 0.25) is 0 Å². The van der Waals surface area contributed by atoms with Crippen molar-refractivity contribution in [2.24, 2.45) is 11.8 Å². The third-order valence-corrected chi connectivity index (χ3v) is 4.74. The Kier molecular flexibility index (Phi) is 4.43. The highest BCUT2D eigenvalue weighted by Crippen LogP contribution is 2.37. The lowest BCUT2D eigenvalue weighted by Crippen LogP contribution is -2.34. The van der Waals surface area contributed by atoms with E-state index < -0.39 is 11.7 Å². The second kappa shape index (κ2) is 5.73. The SMILES string of the molecule is Cc1cc(C(F)(F)F)ccc1C(NN)C1CCSC1. The van der Waals surface area contributed by atoms with Gasteiger partial charge in [0.05, 0.1) is 5.56 Å². The average Bonchev–Trinajstić information content (AvgIpc) is 2.84. The molecule has 19 heavy (non-hydrogen) atoms. The topological polar surface area (TPSA) is 38.0 Å². The van der Waals surface area contributed by atoms with E-state index in [0.717, 1.165) is 29.6 Å². The lowest BCUT2D eigenvalue weighted by molar-refractivity contribution is -0.137. The molecule has 0 spiro atoms. The van der Waals surface area contributed by atoms with Crippen LogP contribution in [0.5, 0.6) is 0 Å². The summed E-state index contributed by atoms with van der Waals surface area (Å²) in [5.41, 5.74) is 3.66. The van der Waals surface area contributed by atoms with Gasteiger partial charge in [0.1, 0.15) is 0 Å². The molecule has 1 saturated heterocycles. The number of alkyl halides is 3. The predicted molar refractivity (Wildman–Crippen MR) is 71.7 cm³/mol. The van der Waals surface area contributed by atoms with Gasteiger partial charge in [0.2, 0.25) is 0 Å². The smallest absolute Gasteiger partial charge is 0.271 e. The molecular weight excluding hydrogens is 273 g/mol. The van der Waals surface area contributed by atoms with Crippen molar-refractivity contribution in [2.45, 2.75) is 25.6 Å². The molecule has 2 rings (SSSR count). The van der Waals surface area contributed by atoms with Crippen molar-refractivity contribution in [1.82, 2.24) is 5.43 Å². The van der Waals surface area contributed by atoms with Crippen LogP contribution in [0.15, 0.2) is 18.2 Å². The van der Waals surface area contributed by atoms with Crippen LogP contribution >= 0.6 is 11.8 Å². The largest absolute Gasteiger partial charge is 0.416 e. The molecule has 2 atom stereocenters. The number of hydrazine groups is 1. The molecule has 2 nitrogen and oxygen atoms in total. The van der Waals surface area contributed by atoms with Gasteiger partial charge in [-0.1, -0.05) is 6.07 Å². The highest BCUT2D eigenvalue weighted by Gasteiger charge is 2.32. The molecule has 1 aliphatic rings. The van der Waals surface area contributed by atoms with E-state index in [2.05, 4.69) is 5.43 Å². The summed E-state index contributed by atoms with van der Waals surface area (Å²) in [6.07, 6.45) is -3.25. The van der Waals surface area contributed by atoms with E-state index >= 15 is 0 Å². The van der Waals surface area contributed by atoms with Crippen molar-refractivity contribution in [3.05, 3.63) is 34.9 Å². The second-order valence-corrected chi connectivity index (χ2v) is 5.99. The molecule has 106 valence electrons. The zero-order valence-electron chi connectivity index (χ0n) is 10.6. The van der Waals surface area contributed by atoms with Gasteiger partial charge in [0.25, 0.3) is 0 Å². The number of hydrogen-bond acceptors (Lipinski definition) is 3. The molecule has 2 unspecified atom stereocenters. The monoisotopic (exact) mass is 290 g/mol. The van der Waals surface area contributed by atoms with E-state index in [0.29, 0.717) is 11.5 Å². The number of halogens is 3. The summed E-state index contributed by atoms with van der Waals surface area (Å²) in [5, 5.41) is 0. The summed E-state index contributed by atoms with van der Waals surface area (Å²) in [6, 6.07) is 3.81. The second-order valence-electron chi connectivity index (χ2n) is 4.84. The molecule has 0 saturated carbocycles. The van der Waals surface area contributed by atoms with Crippen molar-refractivity contribution < 1.29 is 13.2 Å². The molecule has 0 amide bonds. The van der Waals surface area contributed by atoms with Crippen LogP contribution in [0, 0.1) is 12.8 Å². The first-order valence-electron chi connectivity index (χ1n) is 6.15. The summed E-state index contributed by atoms with van der Waals surface area (Å²) < 4.78 is 37.9. The van der Waals surface area contributed by atoms with E-state index in [1.807, 2.05) is 11.8 Å². The van der Waals surface area contributed by atoms with Gasteiger partial charge >= 0.3 is 6.18 Å². The number of rotatable bonds is 3. The number of nitrogens with one attached hydrogen (secondary N) is 1. The maximum Gasteiger partial charge on any atom is 0.416 e. The Bertz CT molecular complexity index is 442. The van der Waals surface area contributed by atoms with Crippen LogP contribution < -0.4 is 11.3 Å². The number of nitrogens with two attached hydrogens (primary N) is 1. The molecular formula is C13H17F3N2S. The van der Waals surface area contributed by atoms with Crippen molar-refractivity contribution in [3.63, 3.8) is 0 Å². The maximum absolute atomic E-state index is 12.6. The van der Waals surface area contributed by atoms with Gasteiger partial charge < -0.3 is 0 Å². The average molecular weight is 290 g/mol. The molecule has 0 bridgehead atoms. The predicted octanol–water partition coefficient (Wildman–Crippen LogP) is 3.27. The summed E-state index contributed by atoms with van der Waals surface area (Å²) in [7, 11) is 0. The van der Waals surface area contributed by atoms with E-state index in [4.69, 9.17) is 5.84 Å². The standard InChI is InChI=1S/C13H17F3N2S/c1-8-6-10(13(14,15)16)2-3-11(8)12(18-17)9-4-5-19-7-9/h2-3,6,9,12,18H,4-5,7,17H2,1H3. The van der Waals surface area contributed by atoms with Gasteiger partial charge in [-0.2, -0.15) is 24.9 Å². The normalized spacial score (nSPS) is 21.6. The first kappa shape index (κ1) is 14.7. The molecule has 1 aromatic carbocycles. The number of thioether (sulfide) groups is 1. The molecule has 0 radical (unpaired) electrons. The quantitative estimate of drug-likeness (QED) is 0.663. The van der Waals surface area contributed by atoms with Crippen LogP contribution in [-0.4, -0.2) is 11.5 Å². The van der Waals surface area contributed by atoms with Crippen molar-refractivity contribution in [3.8, 4) is 0 Å². The van der Waals surface area contributed by atoms with E-state index in [9.17, 15) is 13.2 Å². The number of aryl methyl sites for hydroxylation is 1. The Morgan fingerprint density at radius 1 is 1.42 bits per heavy atom. The van der Waals surface area contributed by atoms with Crippen LogP contribution in [0.25, 0.3) is 0 Å². The van der Waals surface area contributed by atoms with Crippen molar-refractivity contribution >= 4 is 11.8 Å². The number of hydrogen-bond donors (Lipinski definition) is 2. The highest BCUT2D eigenvalue weighted by molar-refractivity contribution is 7.99. The van der Waals surface area contributed by atoms with Gasteiger partial charge in [-0.3, -0.25) is 11.3 Å². The molecule has 3 N–H and O–H groups in total. The van der Waals surface area contributed by atoms with Crippen molar-refractivity contribution in [1.29, 1.82) is 0 Å². The third kappa shape index (κ3) is 3.24. The van der Waals surface area contributed by atoms with E-state index in [1.54, 1.807) is 13.0 Å². The van der Waals surface area contributed by atoms with E-state index in [-0.39, 0.29) is 6.04 Å². The molecule has 0 aromatic heterocycles. The zero-order chi connectivity index (χ0) is 14.0. The Hall–Kier alpha value is -0.720. The zero-order valence-corrected chi connectivity index (χ0v) is 11.4. The molecule has 1 fully saturated rings. The Labute approximate surface area is 114 Å². The fraction of sp³-hybridized carbons (Fsp3) is 0.538. The molecule has 6 heteroatoms. The first-order valence-corrected chi connectivity index (χ1v) is 7.30. The fourth-order valence-corrected chi connectivity index (χ4v) is 3.79. The minimum Gasteiger partial charge on any atom is -0.271 e. The van der Waals surface area contributed by atoms with Crippen LogP contribution in [-0.2, 0) is 6.18 Å². The van der Waals surface area contributed by atoms with Gasteiger partial charge in [0, 0.05) is 6.04 Å². The summed E-state index contributed by atoms with van der Waals surface area (Å²) in [4.78, 5) is 0. The number of benzene rings is 1. The lowest BCUT2D eigenvalue weighted by atomic mass is 9.89. The molecule has 1 heterocycles. The molecule has 0 aliphatic carbocycles. The first-order chi connectivity index (χ1) is 8.93. The summed E-state index contributed by atoms with van der Waals surface area (Å²) in [5.74, 6) is 8.06. The van der Waals surface area contributed by atoms with Crippen LogP contribution in [0.3, 0.4) is 0 Å². The van der Waals surface area contributed by atoms with Crippen molar-refractivity contribution in [2.75, 3.05) is 11.5 Å². The van der Waals surface area contributed by atoms with E-state index in [1.165, 1.54) is 6.07 Å². The maximum atomic E-state index is 12.6.